The van der Waals surface area contributed by atoms with Gasteiger partial charge in [-0.25, -0.2) is 0 Å². The van der Waals surface area contributed by atoms with E-state index in [-0.39, 0.29) is 0 Å². The first kappa shape index (κ1) is 7.98. The van der Waals surface area contributed by atoms with Crippen molar-refractivity contribution >= 4 is 10.9 Å². The second-order valence-electron chi connectivity index (χ2n) is 3.08. The second kappa shape index (κ2) is 2.69. The van der Waals surface area contributed by atoms with Crippen molar-refractivity contribution in [2.75, 3.05) is 13.0 Å². The predicted octanol–water partition coefficient (Wildman–Crippen LogP) is 1.67. The molecule has 0 aliphatic heterocycles. The number of methoxy groups -OCH3 is 1. The SMILES string of the molecule is COc1ccc2cc(C)n(N)c2c1. The van der Waals surface area contributed by atoms with Crippen LogP contribution in [0.1, 0.15) is 5.69 Å². The Hall–Kier alpha value is -1.64. The molecule has 1 aromatic heterocycles. The molecule has 0 amide bonds. The van der Waals surface area contributed by atoms with Crippen LogP contribution >= 0.6 is 0 Å². The molecule has 2 N–H and O–H groups in total. The van der Waals surface area contributed by atoms with Crippen LogP contribution in [-0.2, 0) is 0 Å². The van der Waals surface area contributed by atoms with Crippen LogP contribution in [0.2, 0.25) is 0 Å². The third kappa shape index (κ3) is 1.13. The van der Waals surface area contributed by atoms with Crippen molar-refractivity contribution in [2.24, 2.45) is 0 Å². The first-order valence-electron chi connectivity index (χ1n) is 4.13. The minimum Gasteiger partial charge on any atom is -0.497 e. The molecule has 1 aromatic carbocycles. The highest BCUT2D eigenvalue weighted by Crippen LogP contribution is 2.22. The fourth-order valence-corrected chi connectivity index (χ4v) is 1.47. The summed E-state index contributed by atoms with van der Waals surface area (Å²) in [5.41, 5.74) is 2.04. The number of hydrogen-bond acceptors (Lipinski definition) is 2. The van der Waals surface area contributed by atoms with Crippen LogP contribution in [0.25, 0.3) is 10.9 Å². The van der Waals surface area contributed by atoms with Crippen molar-refractivity contribution in [1.29, 1.82) is 0 Å². The van der Waals surface area contributed by atoms with Crippen molar-refractivity contribution in [2.45, 2.75) is 6.92 Å². The molecule has 0 saturated carbocycles. The monoisotopic (exact) mass is 176 g/mol. The Morgan fingerprint density at radius 1 is 1.31 bits per heavy atom. The zero-order valence-electron chi connectivity index (χ0n) is 7.74. The zero-order valence-corrected chi connectivity index (χ0v) is 7.74. The average Bonchev–Trinajstić information content (AvgIpc) is 2.43. The average molecular weight is 176 g/mol. The van der Waals surface area contributed by atoms with E-state index in [1.165, 1.54) is 0 Å². The third-order valence-corrected chi connectivity index (χ3v) is 2.24. The summed E-state index contributed by atoms with van der Waals surface area (Å²) in [6.45, 7) is 1.98. The van der Waals surface area contributed by atoms with Crippen LogP contribution < -0.4 is 10.6 Å². The van der Waals surface area contributed by atoms with Crippen molar-refractivity contribution < 1.29 is 4.74 Å². The number of rotatable bonds is 1. The molecule has 0 aliphatic rings. The van der Waals surface area contributed by atoms with E-state index in [1.54, 1.807) is 11.8 Å². The van der Waals surface area contributed by atoms with Gasteiger partial charge in [0.25, 0.3) is 0 Å². The van der Waals surface area contributed by atoms with E-state index < -0.39 is 0 Å². The van der Waals surface area contributed by atoms with Crippen LogP contribution in [0.3, 0.4) is 0 Å². The Morgan fingerprint density at radius 3 is 2.77 bits per heavy atom. The van der Waals surface area contributed by atoms with E-state index in [1.807, 2.05) is 25.1 Å². The molecule has 0 bridgehead atoms. The highest BCUT2D eigenvalue weighted by molar-refractivity contribution is 5.82. The highest BCUT2D eigenvalue weighted by Gasteiger charge is 2.03. The largest absolute Gasteiger partial charge is 0.497 e. The minimum absolute atomic E-state index is 0.831. The number of fused-ring (bicyclic) bond motifs is 1. The number of nitrogens with two attached hydrogens (primary N) is 1. The number of aryl methyl sites for hydroxylation is 1. The first-order valence-corrected chi connectivity index (χ1v) is 4.13. The minimum atomic E-state index is 0.831. The summed E-state index contributed by atoms with van der Waals surface area (Å²) in [5.74, 6) is 6.65. The van der Waals surface area contributed by atoms with Crippen LogP contribution in [0.5, 0.6) is 5.75 Å². The van der Waals surface area contributed by atoms with Gasteiger partial charge in [-0.3, -0.25) is 4.68 Å². The van der Waals surface area contributed by atoms with Crippen LogP contribution in [0.4, 0.5) is 0 Å². The summed E-state index contributed by atoms with van der Waals surface area (Å²) in [7, 11) is 1.65. The molecule has 0 fully saturated rings. The summed E-state index contributed by atoms with van der Waals surface area (Å²) in [6.07, 6.45) is 0. The lowest BCUT2D eigenvalue weighted by molar-refractivity contribution is 0.415. The van der Waals surface area contributed by atoms with E-state index in [0.717, 1.165) is 22.3 Å². The van der Waals surface area contributed by atoms with Crippen molar-refractivity contribution in [3.63, 3.8) is 0 Å². The van der Waals surface area contributed by atoms with Gasteiger partial charge in [-0.15, -0.1) is 0 Å². The molecule has 0 unspecified atom stereocenters. The molecule has 0 radical (unpaired) electrons. The summed E-state index contributed by atoms with van der Waals surface area (Å²) in [4.78, 5) is 0. The van der Waals surface area contributed by atoms with Gasteiger partial charge >= 0.3 is 0 Å². The molecule has 2 aromatic rings. The fraction of sp³-hybridized carbons (Fsp3) is 0.200. The van der Waals surface area contributed by atoms with E-state index >= 15 is 0 Å². The lowest BCUT2D eigenvalue weighted by atomic mass is 10.2. The lowest BCUT2D eigenvalue weighted by Crippen LogP contribution is -2.08. The van der Waals surface area contributed by atoms with Gasteiger partial charge in [0.15, 0.2) is 0 Å². The van der Waals surface area contributed by atoms with Crippen LogP contribution in [0, 0.1) is 6.92 Å². The molecule has 3 heteroatoms. The van der Waals surface area contributed by atoms with Gasteiger partial charge < -0.3 is 10.6 Å². The molecule has 0 spiro atoms. The van der Waals surface area contributed by atoms with Gasteiger partial charge in [-0.2, -0.15) is 0 Å². The third-order valence-electron chi connectivity index (χ3n) is 2.24. The number of ether oxygens (including phenoxy) is 1. The quantitative estimate of drug-likeness (QED) is 0.671. The van der Waals surface area contributed by atoms with Crippen molar-refractivity contribution in [3.8, 4) is 5.75 Å². The maximum absolute atomic E-state index is 5.82. The Kier molecular flexibility index (Phi) is 1.65. The van der Waals surface area contributed by atoms with Crippen LogP contribution in [0.15, 0.2) is 24.3 Å². The van der Waals surface area contributed by atoms with Gasteiger partial charge in [0.05, 0.1) is 12.6 Å². The van der Waals surface area contributed by atoms with E-state index in [9.17, 15) is 0 Å². The normalized spacial score (nSPS) is 10.6. The molecule has 0 atom stereocenters. The molecule has 0 saturated heterocycles. The van der Waals surface area contributed by atoms with Gasteiger partial charge in [-0.1, -0.05) is 0 Å². The zero-order chi connectivity index (χ0) is 9.42. The topological polar surface area (TPSA) is 40.2 Å². The summed E-state index contributed by atoms with van der Waals surface area (Å²) < 4.78 is 6.78. The summed E-state index contributed by atoms with van der Waals surface area (Å²) in [6, 6.07) is 7.92. The van der Waals surface area contributed by atoms with Gasteiger partial charge in [0.1, 0.15) is 5.75 Å². The first-order chi connectivity index (χ1) is 6.22. The standard InChI is InChI=1S/C10H12N2O/c1-7-5-8-3-4-9(13-2)6-10(8)12(7)11/h3-6H,11H2,1-2H3. The summed E-state index contributed by atoms with van der Waals surface area (Å²) in [5, 5.41) is 1.14. The van der Waals surface area contributed by atoms with Crippen molar-refractivity contribution in [1.82, 2.24) is 4.68 Å². The molecule has 3 nitrogen and oxygen atoms in total. The molecule has 1 heterocycles. The number of nitrogens with zero attached hydrogens (tertiary/aromatic N) is 1. The Bertz CT molecular complexity index is 445. The number of hydrogen-bond donors (Lipinski definition) is 1. The molecular weight excluding hydrogens is 164 g/mol. The highest BCUT2D eigenvalue weighted by atomic mass is 16.5. The molecule has 2 rings (SSSR count). The Morgan fingerprint density at radius 2 is 2.08 bits per heavy atom. The van der Waals surface area contributed by atoms with Crippen LogP contribution in [-0.4, -0.2) is 11.8 Å². The molecule has 0 aliphatic carbocycles. The molecule has 13 heavy (non-hydrogen) atoms. The molecular formula is C10H12N2O. The van der Waals surface area contributed by atoms with E-state index in [0.29, 0.717) is 0 Å². The fourth-order valence-electron chi connectivity index (χ4n) is 1.47. The van der Waals surface area contributed by atoms with Gasteiger partial charge in [-0.05, 0) is 25.1 Å². The number of aromatic nitrogens is 1. The Labute approximate surface area is 76.7 Å². The second-order valence-corrected chi connectivity index (χ2v) is 3.08. The maximum atomic E-state index is 5.82. The maximum Gasteiger partial charge on any atom is 0.121 e. The van der Waals surface area contributed by atoms with Crippen molar-refractivity contribution in [3.05, 3.63) is 30.0 Å². The Balaban J connectivity index is 2.75. The smallest absolute Gasteiger partial charge is 0.121 e. The number of benzene rings is 1. The molecule has 68 valence electrons. The van der Waals surface area contributed by atoms with E-state index in [4.69, 9.17) is 10.6 Å². The van der Waals surface area contributed by atoms with E-state index in [2.05, 4.69) is 6.07 Å². The lowest BCUT2D eigenvalue weighted by Gasteiger charge is -2.01. The number of nitrogen functional groups attached to an aromatic ring is 1. The van der Waals surface area contributed by atoms with Gasteiger partial charge in [0.2, 0.25) is 0 Å². The summed E-state index contributed by atoms with van der Waals surface area (Å²) >= 11 is 0. The predicted molar refractivity (Wildman–Crippen MR) is 53.4 cm³/mol. The van der Waals surface area contributed by atoms with Gasteiger partial charge in [0, 0.05) is 17.1 Å².